The molecule has 0 spiro atoms. The number of halogens is 1. The van der Waals surface area contributed by atoms with Crippen molar-refractivity contribution in [3.05, 3.63) is 45.7 Å². The average Bonchev–Trinajstić information content (AvgIpc) is 3.11. The molecule has 0 aliphatic heterocycles. The summed E-state index contributed by atoms with van der Waals surface area (Å²) in [6.07, 6.45) is 2.70. The number of rotatable bonds is 5. The average molecular weight is 402 g/mol. The minimum Gasteiger partial charge on any atom is -0.383 e. The van der Waals surface area contributed by atoms with E-state index in [1.807, 2.05) is 12.1 Å². The Kier molecular flexibility index (Phi) is 3.80. The third-order valence-electron chi connectivity index (χ3n) is 5.00. The van der Waals surface area contributed by atoms with Crippen molar-refractivity contribution >= 4 is 28.2 Å². The topological polar surface area (TPSA) is 108 Å². The van der Waals surface area contributed by atoms with E-state index in [2.05, 4.69) is 15.1 Å². The van der Waals surface area contributed by atoms with Crippen LogP contribution in [0.5, 0.6) is 0 Å². The molecule has 0 radical (unpaired) electrons. The molecule has 144 valence electrons. The quantitative estimate of drug-likeness (QED) is 0.544. The summed E-state index contributed by atoms with van der Waals surface area (Å²) in [4.78, 5) is 21.9. The van der Waals surface area contributed by atoms with Crippen LogP contribution in [0.4, 0.5) is 0 Å². The zero-order valence-electron chi connectivity index (χ0n) is 14.9. The molecule has 0 atom stereocenters. The fourth-order valence-corrected chi connectivity index (χ4v) is 3.61. The monoisotopic (exact) mass is 401 g/mol. The van der Waals surface area contributed by atoms with Crippen LogP contribution >= 0.6 is 11.6 Å². The van der Waals surface area contributed by atoms with E-state index in [0.717, 1.165) is 5.52 Å². The van der Waals surface area contributed by atoms with Gasteiger partial charge >= 0.3 is 0 Å². The van der Waals surface area contributed by atoms with E-state index in [1.165, 1.54) is 6.33 Å². The molecular formula is C18H16ClN5O4. The number of nitrogens with zero attached hydrogens (tertiary/aromatic N) is 5. The van der Waals surface area contributed by atoms with Crippen LogP contribution in [0.2, 0.25) is 5.02 Å². The molecule has 1 fully saturated rings. The highest BCUT2D eigenvalue weighted by Gasteiger charge is 2.47. The predicted molar refractivity (Wildman–Crippen MR) is 100 cm³/mol. The number of hydrogen-bond acceptors (Lipinski definition) is 7. The lowest BCUT2D eigenvalue weighted by molar-refractivity contribution is 0.137. The van der Waals surface area contributed by atoms with Gasteiger partial charge in [0.15, 0.2) is 5.69 Å². The lowest BCUT2D eigenvalue weighted by Gasteiger charge is -2.13. The first-order chi connectivity index (χ1) is 13.5. The molecule has 3 aromatic heterocycles. The number of aromatic nitrogens is 5. The molecule has 1 aliphatic rings. The highest BCUT2D eigenvalue weighted by molar-refractivity contribution is 6.35. The minimum atomic E-state index is -1.03. The van der Waals surface area contributed by atoms with E-state index in [4.69, 9.17) is 20.9 Å². The number of para-hydroxylation sites is 1. The number of hydrogen-bond donors (Lipinski definition) is 1. The summed E-state index contributed by atoms with van der Waals surface area (Å²) in [7, 11) is 1.57. The summed E-state index contributed by atoms with van der Waals surface area (Å²) in [5, 5.41) is 14.5. The van der Waals surface area contributed by atoms with Gasteiger partial charge in [0.25, 0.3) is 11.4 Å². The van der Waals surface area contributed by atoms with Gasteiger partial charge < -0.3 is 18.9 Å². The molecule has 3 heterocycles. The Morgan fingerprint density at radius 2 is 2.18 bits per heavy atom. The highest BCUT2D eigenvalue weighted by Crippen LogP contribution is 2.44. The van der Waals surface area contributed by atoms with Gasteiger partial charge in [0.2, 0.25) is 5.82 Å². The highest BCUT2D eigenvalue weighted by atomic mass is 35.5. The molecule has 0 amide bonds. The predicted octanol–water partition coefficient (Wildman–Crippen LogP) is 1.98. The molecule has 1 aromatic carbocycles. The van der Waals surface area contributed by atoms with E-state index < -0.39 is 5.60 Å². The minimum absolute atomic E-state index is 0.0922. The van der Waals surface area contributed by atoms with Gasteiger partial charge in [-0.3, -0.25) is 9.20 Å². The van der Waals surface area contributed by atoms with Crippen molar-refractivity contribution in [2.45, 2.75) is 25.0 Å². The maximum Gasteiger partial charge on any atom is 0.279 e. The van der Waals surface area contributed by atoms with E-state index in [-0.39, 0.29) is 23.0 Å². The van der Waals surface area contributed by atoms with Crippen LogP contribution < -0.4 is 5.56 Å². The maximum atomic E-state index is 13.3. The fourth-order valence-electron chi connectivity index (χ4n) is 3.33. The molecule has 28 heavy (non-hydrogen) atoms. The van der Waals surface area contributed by atoms with Crippen LogP contribution in [0.1, 0.15) is 18.7 Å². The van der Waals surface area contributed by atoms with Crippen LogP contribution in [0.25, 0.3) is 28.1 Å². The number of methoxy groups -OCH3 is 1. The number of imidazole rings is 1. The SMILES string of the molecule is COCCn1c(=O)c2c(-c3nc(C4(O)CC4)no3)ncn2c2cccc(Cl)c21. The van der Waals surface area contributed by atoms with Gasteiger partial charge in [-0.25, -0.2) is 4.98 Å². The Bertz CT molecular complexity index is 1270. The Morgan fingerprint density at radius 1 is 1.36 bits per heavy atom. The van der Waals surface area contributed by atoms with Gasteiger partial charge in [0.05, 0.1) is 22.7 Å². The first kappa shape index (κ1) is 17.4. The molecule has 1 N–H and O–H groups in total. The zero-order valence-corrected chi connectivity index (χ0v) is 15.7. The maximum absolute atomic E-state index is 13.3. The van der Waals surface area contributed by atoms with E-state index >= 15 is 0 Å². The lowest BCUT2D eigenvalue weighted by Crippen LogP contribution is -2.25. The van der Waals surface area contributed by atoms with Gasteiger partial charge in [-0.05, 0) is 25.0 Å². The molecule has 9 nitrogen and oxygen atoms in total. The van der Waals surface area contributed by atoms with Crippen molar-refractivity contribution in [1.29, 1.82) is 0 Å². The molecule has 0 bridgehead atoms. The van der Waals surface area contributed by atoms with Gasteiger partial charge in [0.1, 0.15) is 17.4 Å². The summed E-state index contributed by atoms with van der Waals surface area (Å²) in [5.41, 5.74) is 0.550. The van der Waals surface area contributed by atoms with Gasteiger partial charge in [0, 0.05) is 13.7 Å². The van der Waals surface area contributed by atoms with Crippen molar-refractivity contribution in [3.8, 4) is 11.6 Å². The van der Waals surface area contributed by atoms with E-state index in [9.17, 15) is 9.90 Å². The fraction of sp³-hybridized carbons (Fsp3) is 0.333. The van der Waals surface area contributed by atoms with Crippen molar-refractivity contribution < 1.29 is 14.4 Å². The molecule has 5 rings (SSSR count). The second-order valence-corrected chi connectivity index (χ2v) is 7.23. The second-order valence-electron chi connectivity index (χ2n) is 6.82. The van der Waals surface area contributed by atoms with E-state index in [0.29, 0.717) is 42.0 Å². The van der Waals surface area contributed by atoms with Gasteiger partial charge in [-0.2, -0.15) is 4.98 Å². The smallest absolute Gasteiger partial charge is 0.279 e. The number of fused-ring (bicyclic) bond motifs is 3. The molecule has 10 heteroatoms. The van der Waals surface area contributed by atoms with Gasteiger partial charge in [-0.15, -0.1) is 0 Å². The first-order valence-corrected chi connectivity index (χ1v) is 9.15. The third-order valence-corrected chi connectivity index (χ3v) is 5.30. The molecule has 1 saturated carbocycles. The number of benzene rings is 1. The Labute approximate surface area is 163 Å². The standard InChI is InChI=1S/C18H16ClN5O4/c1-27-8-7-23-13-10(19)3-2-4-11(13)24-9-20-12(14(24)16(23)25)15-21-17(22-28-15)18(26)5-6-18/h2-4,9,26H,5-8H2,1H3. The second kappa shape index (κ2) is 6.13. The molecule has 0 saturated heterocycles. The summed E-state index contributed by atoms with van der Waals surface area (Å²) < 4.78 is 13.7. The third kappa shape index (κ3) is 2.47. The lowest BCUT2D eigenvalue weighted by atomic mass is 10.2. The normalized spacial score (nSPS) is 15.5. The zero-order chi connectivity index (χ0) is 19.5. The van der Waals surface area contributed by atoms with E-state index in [1.54, 1.807) is 22.1 Å². The van der Waals surface area contributed by atoms with Crippen molar-refractivity contribution in [1.82, 2.24) is 24.1 Å². The van der Waals surface area contributed by atoms with Crippen LogP contribution in [0.3, 0.4) is 0 Å². The van der Waals surface area contributed by atoms with Crippen molar-refractivity contribution in [3.63, 3.8) is 0 Å². The summed E-state index contributed by atoms with van der Waals surface area (Å²) in [6, 6.07) is 5.40. The molecule has 1 aliphatic carbocycles. The summed E-state index contributed by atoms with van der Waals surface area (Å²) >= 11 is 6.39. The van der Waals surface area contributed by atoms with Crippen molar-refractivity contribution in [2.75, 3.05) is 13.7 Å². The largest absolute Gasteiger partial charge is 0.383 e. The Morgan fingerprint density at radius 3 is 2.93 bits per heavy atom. The summed E-state index contributed by atoms with van der Waals surface area (Å²) in [6.45, 7) is 0.670. The molecular weight excluding hydrogens is 386 g/mol. The Hall–Kier alpha value is -2.75. The van der Waals surface area contributed by atoms with Gasteiger partial charge in [-0.1, -0.05) is 22.8 Å². The molecule has 0 unspecified atom stereocenters. The number of ether oxygens (including phenoxy) is 1. The van der Waals surface area contributed by atoms with Crippen LogP contribution in [-0.2, 0) is 16.9 Å². The van der Waals surface area contributed by atoms with Crippen LogP contribution in [0, 0.1) is 0 Å². The van der Waals surface area contributed by atoms with Crippen molar-refractivity contribution in [2.24, 2.45) is 0 Å². The number of aliphatic hydroxyl groups is 1. The molecule has 4 aromatic rings. The van der Waals surface area contributed by atoms with Crippen LogP contribution in [0.15, 0.2) is 33.8 Å². The first-order valence-electron chi connectivity index (χ1n) is 8.77. The summed E-state index contributed by atoms with van der Waals surface area (Å²) in [5.74, 6) is 0.307. The van der Waals surface area contributed by atoms with Crippen LogP contribution in [-0.4, -0.2) is 42.9 Å². The Balaban J connectivity index is 1.79.